The summed E-state index contributed by atoms with van der Waals surface area (Å²) >= 11 is 6.07. The molecular formula is C29H32ClN5O2. The number of likely N-dealkylation sites (tertiary alicyclic amines) is 1. The van der Waals surface area contributed by atoms with Crippen molar-refractivity contribution in [3.63, 3.8) is 0 Å². The molecule has 3 heterocycles. The highest BCUT2D eigenvalue weighted by molar-refractivity contribution is 6.30. The number of para-hydroxylation sites is 1. The molecule has 2 aromatic heterocycles. The van der Waals surface area contributed by atoms with Gasteiger partial charge in [0.1, 0.15) is 11.4 Å². The van der Waals surface area contributed by atoms with Gasteiger partial charge in [-0.3, -0.25) is 4.79 Å². The van der Waals surface area contributed by atoms with Crippen molar-refractivity contribution in [3.8, 4) is 28.3 Å². The largest absolute Gasteiger partial charge is 0.496 e. The number of hydrogen-bond donors (Lipinski definition) is 1. The Hall–Kier alpha value is -3.42. The predicted octanol–water partition coefficient (Wildman–Crippen LogP) is 5.72. The molecule has 5 rings (SSSR count). The van der Waals surface area contributed by atoms with E-state index in [1.165, 1.54) is 19.3 Å². The van der Waals surface area contributed by atoms with E-state index >= 15 is 0 Å². The molecule has 0 spiro atoms. The molecule has 1 N–H and O–H groups in total. The number of aromatic nitrogens is 3. The minimum atomic E-state index is -0.180. The number of carbonyl (C=O) groups excluding carboxylic acids is 1. The van der Waals surface area contributed by atoms with E-state index in [0.29, 0.717) is 40.4 Å². The number of benzene rings is 2. The number of nitrogens with one attached hydrogen (secondary N) is 1. The minimum absolute atomic E-state index is 0.180. The van der Waals surface area contributed by atoms with E-state index in [9.17, 15) is 4.79 Å². The van der Waals surface area contributed by atoms with E-state index in [1.54, 1.807) is 17.7 Å². The Morgan fingerprint density at radius 2 is 1.92 bits per heavy atom. The van der Waals surface area contributed by atoms with Crippen molar-refractivity contribution in [1.29, 1.82) is 0 Å². The van der Waals surface area contributed by atoms with Gasteiger partial charge >= 0.3 is 0 Å². The topological polar surface area (TPSA) is 71.8 Å². The maximum absolute atomic E-state index is 13.4. The van der Waals surface area contributed by atoms with Gasteiger partial charge in [0.05, 0.1) is 18.5 Å². The van der Waals surface area contributed by atoms with Crippen LogP contribution in [0.4, 0.5) is 0 Å². The Bertz CT molecular complexity index is 1390. The first-order chi connectivity index (χ1) is 18.0. The van der Waals surface area contributed by atoms with E-state index in [4.69, 9.17) is 26.4 Å². The maximum Gasteiger partial charge on any atom is 0.270 e. The first-order valence-corrected chi connectivity index (χ1v) is 13.2. The van der Waals surface area contributed by atoms with Gasteiger partial charge < -0.3 is 15.0 Å². The molecule has 8 heteroatoms. The lowest BCUT2D eigenvalue weighted by Crippen LogP contribution is -2.39. The number of carbonyl (C=O) groups is 1. The molecule has 0 saturated carbocycles. The molecule has 0 unspecified atom stereocenters. The van der Waals surface area contributed by atoms with Crippen molar-refractivity contribution >= 4 is 23.2 Å². The number of fused-ring (bicyclic) bond motifs is 1. The molecule has 1 amide bonds. The third-order valence-corrected chi connectivity index (χ3v) is 7.28. The van der Waals surface area contributed by atoms with Crippen LogP contribution in [0.25, 0.3) is 28.2 Å². The average molecular weight is 518 g/mol. The maximum atomic E-state index is 13.4. The average Bonchev–Trinajstić information content (AvgIpc) is 3.36. The number of rotatable bonds is 8. The third kappa shape index (κ3) is 5.63. The van der Waals surface area contributed by atoms with Crippen LogP contribution in [0.5, 0.6) is 5.75 Å². The fourth-order valence-electron chi connectivity index (χ4n) is 4.96. The zero-order valence-corrected chi connectivity index (χ0v) is 22.0. The Morgan fingerprint density at radius 3 is 2.70 bits per heavy atom. The van der Waals surface area contributed by atoms with Crippen LogP contribution < -0.4 is 10.1 Å². The highest BCUT2D eigenvalue weighted by Gasteiger charge is 2.20. The van der Waals surface area contributed by atoms with Gasteiger partial charge in [0.25, 0.3) is 5.91 Å². The number of methoxy groups -OCH3 is 1. The highest BCUT2D eigenvalue weighted by atomic mass is 35.5. The summed E-state index contributed by atoms with van der Waals surface area (Å²) in [4.78, 5) is 20.8. The van der Waals surface area contributed by atoms with Gasteiger partial charge in [-0.05, 0) is 63.1 Å². The number of nitrogens with zero attached hydrogens (tertiary/aromatic N) is 4. The van der Waals surface area contributed by atoms with Gasteiger partial charge in [-0.1, -0.05) is 42.3 Å². The van der Waals surface area contributed by atoms with Crippen LogP contribution in [0, 0.1) is 0 Å². The monoisotopic (exact) mass is 517 g/mol. The summed E-state index contributed by atoms with van der Waals surface area (Å²) in [5, 5.41) is 8.50. The molecule has 1 fully saturated rings. The van der Waals surface area contributed by atoms with E-state index in [-0.39, 0.29) is 5.91 Å². The second kappa shape index (κ2) is 11.3. The molecule has 2 aromatic carbocycles. The highest BCUT2D eigenvalue weighted by Crippen LogP contribution is 2.30. The summed E-state index contributed by atoms with van der Waals surface area (Å²) in [7, 11) is 1.63. The molecular weight excluding hydrogens is 486 g/mol. The summed E-state index contributed by atoms with van der Waals surface area (Å²) in [6, 6.07) is 19.4. The zero-order valence-electron chi connectivity index (χ0n) is 21.3. The molecule has 192 valence electrons. The fraction of sp³-hybridized carbons (Fsp3) is 0.345. The molecule has 0 aliphatic carbocycles. The van der Waals surface area contributed by atoms with E-state index in [1.807, 2.05) is 54.6 Å². The van der Waals surface area contributed by atoms with Crippen molar-refractivity contribution in [1.82, 2.24) is 24.8 Å². The van der Waals surface area contributed by atoms with Crippen LogP contribution in [-0.4, -0.2) is 58.2 Å². The molecule has 4 aromatic rings. The lowest BCUT2D eigenvalue weighted by molar-refractivity contribution is 0.0941. The Kier molecular flexibility index (Phi) is 7.72. The SMILES string of the molecule is COc1ccccc1-c1cc(C(=O)NCCCN2CCCC[C@@H]2C)n2nc(-c3ccc(Cl)cc3)cc2n1. The zero-order chi connectivity index (χ0) is 25.8. The second-order valence-corrected chi connectivity index (χ2v) is 9.96. The van der Waals surface area contributed by atoms with Gasteiger partial charge in [-0.15, -0.1) is 0 Å². The smallest absolute Gasteiger partial charge is 0.270 e. The summed E-state index contributed by atoms with van der Waals surface area (Å²) in [5.41, 5.74) is 4.10. The Balaban J connectivity index is 1.44. The molecule has 37 heavy (non-hydrogen) atoms. The van der Waals surface area contributed by atoms with E-state index < -0.39 is 0 Å². The molecule has 0 bridgehead atoms. The lowest BCUT2D eigenvalue weighted by atomic mass is 10.0. The molecule has 0 radical (unpaired) electrons. The van der Waals surface area contributed by atoms with Crippen molar-refractivity contribution in [2.45, 2.75) is 38.6 Å². The van der Waals surface area contributed by atoms with Crippen LogP contribution in [0.2, 0.25) is 5.02 Å². The predicted molar refractivity (Wildman–Crippen MR) is 147 cm³/mol. The minimum Gasteiger partial charge on any atom is -0.496 e. The lowest BCUT2D eigenvalue weighted by Gasteiger charge is -2.33. The van der Waals surface area contributed by atoms with Crippen LogP contribution in [0.1, 0.15) is 43.1 Å². The first kappa shape index (κ1) is 25.2. The van der Waals surface area contributed by atoms with Crippen molar-refractivity contribution in [3.05, 3.63) is 71.4 Å². The number of amides is 1. The van der Waals surface area contributed by atoms with E-state index in [2.05, 4.69) is 17.1 Å². The normalized spacial score (nSPS) is 16.1. The van der Waals surface area contributed by atoms with Gasteiger partial charge in [0.15, 0.2) is 5.65 Å². The third-order valence-electron chi connectivity index (χ3n) is 7.03. The first-order valence-electron chi connectivity index (χ1n) is 12.9. The summed E-state index contributed by atoms with van der Waals surface area (Å²) in [6.07, 6.45) is 4.72. The van der Waals surface area contributed by atoms with Gasteiger partial charge in [-0.2, -0.15) is 5.10 Å². The second-order valence-electron chi connectivity index (χ2n) is 9.52. The summed E-state index contributed by atoms with van der Waals surface area (Å²) in [5.74, 6) is 0.514. The molecule has 1 atom stereocenters. The van der Waals surface area contributed by atoms with Crippen molar-refractivity contribution in [2.75, 3.05) is 26.7 Å². The molecule has 7 nitrogen and oxygen atoms in total. The van der Waals surface area contributed by atoms with Gasteiger partial charge in [0, 0.05) is 41.3 Å². The number of hydrogen-bond acceptors (Lipinski definition) is 5. The van der Waals surface area contributed by atoms with Crippen molar-refractivity contribution in [2.24, 2.45) is 0 Å². The standard InChI is InChI=1S/C29H32ClN5O2/c1-20-8-5-6-16-34(20)17-7-15-31-29(36)26-18-25(23-9-3-4-10-27(23)37-2)32-28-19-24(33-35(26)28)21-11-13-22(30)14-12-21/h3-4,9-14,18-20H,5-8,15-17H2,1-2H3,(H,31,36)/t20-/m0/s1. The van der Waals surface area contributed by atoms with Gasteiger partial charge in [0.2, 0.25) is 0 Å². The summed E-state index contributed by atoms with van der Waals surface area (Å²) in [6.45, 7) is 5.02. The molecule has 1 saturated heterocycles. The molecule has 1 aliphatic rings. The molecule has 1 aliphatic heterocycles. The van der Waals surface area contributed by atoms with Crippen LogP contribution in [-0.2, 0) is 0 Å². The van der Waals surface area contributed by atoms with Crippen LogP contribution in [0.15, 0.2) is 60.7 Å². The Morgan fingerprint density at radius 1 is 1.11 bits per heavy atom. The summed E-state index contributed by atoms with van der Waals surface area (Å²) < 4.78 is 7.18. The van der Waals surface area contributed by atoms with E-state index in [0.717, 1.165) is 36.3 Å². The van der Waals surface area contributed by atoms with Crippen LogP contribution in [0.3, 0.4) is 0 Å². The van der Waals surface area contributed by atoms with Crippen molar-refractivity contribution < 1.29 is 9.53 Å². The fourth-order valence-corrected chi connectivity index (χ4v) is 5.08. The number of halogens is 1. The Labute approximate surface area is 222 Å². The number of piperidine rings is 1. The number of ether oxygens (including phenoxy) is 1. The van der Waals surface area contributed by atoms with Gasteiger partial charge in [-0.25, -0.2) is 9.50 Å². The van der Waals surface area contributed by atoms with Crippen LogP contribution >= 0.6 is 11.6 Å². The quantitative estimate of drug-likeness (QED) is 0.303.